The molecule has 0 aliphatic heterocycles. The van der Waals surface area contributed by atoms with E-state index in [1.54, 1.807) is 42.5 Å². The molecule has 0 aliphatic rings. The Balaban J connectivity index is 1.81. The number of aliphatic hydroxyl groups excluding tert-OH is 1. The van der Waals surface area contributed by atoms with Gasteiger partial charge in [0, 0.05) is 18.3 Å². The van der Waals surface area contributed by atoms with Crippen molar-refractivity contribution < 1.29 is 23.1 Å². The molecule has 0 radical (unpaired) electrons. The Morgan fingerprint density at radius 2 is 1.60 bits per heavy atom. The fraction of sp³-hybridized carbons (Fsp3) is 0.0952. The molecule has 1 aromatic heterocycles. The zero-order valence-electron chi connectivity index (χ0n) is 15.8. The predicted octanol–water partition coefficient (Wildman–Crippen LogP) is 1.59. The summed E-state index contributed by atoms with van der Waals surface area (Å²) >= 11 is 0. The van der Waals surface area contributed by atoms with Gasteiger partial charge in [0.05, 0.1) is 17.1 Å². The van der Waals surface area contributed by atoms with Crippen molar-refractivity contribution in [3.63, 3.8) is 0 Å². The van der Waals surface area contributed by atoms with Crippen LogP contribution in [0, 0.1) is 0 Å². The van der Waals surface area contributed by atoms with Gasteiger partial charge in [0.1, 0.15) is 5.69 Å². The summed E-state index contributed by atoms with van der Waals surface area (Å²) in [5.74, 6) is -1.38. The minimum Gasteiger partial charge on any atom is -0.395 e. The maximum atomic E-state index is 12.9. The van der Waals surface area contributed by atoms with Crippen molar-refractivity contribution in [3.05, 3.63) is 84.2 Å². The van der Waals surface area contributed by atoms with Gasteiger partial charge >= 0.3 is 0 Å². The van der Waals surface area contributed by atoms with E-state index in [-0.39, 0.29) is 29.3 Å². The van der Waals surface area contributed by atoms with E-state index >= 15 is 0 Å². The number of carbonyl (C=O) groups is 2. The molecule has 154 valence electrons. The zero-order valence-corrected chi connectivity index (χ0v) is 16.6. The van der Waals surface area contributed by atoms with Crippen LogP contribution in [0.25, 0.3) is 11.1 Å². The van der Waals surface area contributed by atoms with Crippen LogP contribution in [-0.4, -0.2) is 43.5 Å². The fourth-order valence-electron chi connectivity index (χ4n) is 2.72. The molecule has 3 aromatic rings. The molecule has 3 rings (SSSR count). The first-order valence-electron chi connectivity index (χ1n) is 8.99. The molecular formula is C21H19N3O5S. The molecule has 0 saturated heterocycles. The standard InChI is InChI=1S/C21H19N3O5S/c25-13-12-22-21(27)18-11-10-16(14-23-18)20(26)24-30(28,29)19-9-5-4-8-17(19)15-6-2-1-3-7-15/h1-11,14,25H,12-13H2,(H,22,27)(H,24,26). The van der Waals surface area contributed by atoms with E-state index in [0.717, 1.165) is 6.20 Å². The van der Waals surface area contributed by atoms with Crippen LogP contribution in [0.3, 0.4) is 0 Å². The van der Waals surface area contributed by atoms with Gasteiger partial charge in [-0.3, -0.25) is 14.6 Å². The zero-order chi connectivity index (χ0) is 21.6. The van der Waals surface area contributed by atoms with Crippen LogP contribution >= 0.6 is 0 Å². The van der Waals surface area contributed by atoms with Crippen LogP contribution in [0.2, 0.25) is 0 Å². The molecule has 2 aromatic carbocycles. The fourth-order valence-corrected chi connectivity index (χ4v) is 3.92. The average Bonchev–Trinajstić information content (AvgIpc) is 2.78. The van der Waals surface area contributed by atoms with Crippen molar-refractivity contribution in [2.75, 3.05) is 13.2 Å². The second-order valence-electron chi connectivity index (χ2n) is 6.21. The van der Waals surface area contributed by atoms with Crippen LogP contribution in [0.15, 0.2) is 77.8 Å². The van der Waals surface area contributed by atoms with Gasteiger partial charge in [-0.05, 0) is 23.8 Å². The van der Waals surface area contributed by atoms with Crippen molar-refractivity contribution in [1.82, 2.24) is 15.0 Å². The summed E-state index contributed by atoms with van der Waals surface area (Å²) in [7, 11) is -4.16. The van der Waals surface area contributed by atoms with Crippen LogP contribution in [0.5, 0.6) is 0 Å². The smallest absolute Gasteiger partial charge is 0.269 e. The second kappa shape index (κ2) is 9.29. The summed E-state index contributed by atoms with van der Waals surface area (Å²) < 4.78 is 27.8. The highest BCUT2D eigenvalue weighted by atomic mass is 32.2. The lowest BCUT2D eigenvalue weighted by Crippen LogP contribution is -2.31. The number of carbonyl (C=O) groups excluding carboxylic acids is 2. The monoisotopic (exact) mass is 425 g/mol. The van der Waals surface area contributed by atoms with Crippen molar-refractivity contribution >= 4 is 21.8 Å². The Labute approximate surface area is 173 Å². The molecule has 8 nitrogen and oxygen atoms in total. The van der Waals surface area contributed by atoms with E-state index in [1.807, 2.05) is 10.8 Å². The average molecular weight is 425 g/mol. The first-order chi connectivity index (χ1) is 14.4. The van der Waals surface area contributed by atoms with Gasteiger partial charge in [-0.15, -0.1) is 0 Å². The van der Waals surface area contributed by atoms with E-state index in [9.17, 15) is 18.0 Å². The Hall–Kier alpha value is -3.56. The maximum Gasteiger partial charge on any atom is 0.269 e. The number of amides is 2. The first-order valence-corrected chi connectivity index (χ1v) is 10.5. The third kappa shape index (κ3) is 4.88. The molecule has 2 amide bonds. The lowest BCUT2D eigenvalue weighted by atomic mass is 10.1. The second-order valence-corrected chi connectivity index (χ2v) is 7.86. The van der Waals surface area contributed by atoms with Crippen LogP contribution in [0.4, 0.5) is 0 Å². The molecule has 0 saturated carbocycles. The summed E-state index contributed by atoms with van der Waals surface area (Å²) in [6, 6.07) is 17.9. The molecule has 3 N–H and O–H groups in total. The number of sulfonamides is 1. The Kier molecular flexibility index (Phi) is 6.55. The quantitative estimate of drug-likeness (QED) is 0.528. The number of hydrogen-bond acceptors (Lipinski definition) is 6. The highest BCUT2D eigenvalue weighted by Crippen LogP contribution is 2.27. The summed E-state index contributed by atoms with van der Waals surface area (Å²) in [6.07, 6.45) is 1.11. The Bertz CT molecular complexity index is 1150. The lowest BCUT2D eigenvalue weighted by Gasteiger charge is -2.12. The van der Waals surface area contributed by atoms with Crippen molar-refractivity contribution in [2.24, 2.45) is 0 Å². The van der Waals surface area contributed by atoms with Gasteiger partial charge in [0.25, 0.3) is 21.8 Å². The third-order valence-corrected chi connectivity index (χ3v) is 5.53. The van der Waals surface area contributed by atoms with E-state index in [0.29, 0.717) is 11.1 Å². The normalized spacial score (nSPS) is 11.0. The number of rotatable bonds is 7. The van der Waals surface area contributed by atoms with Gasteiger partial charge < -0.3 is 10.4 Å². The SMILES string of the molecule is O=C(NS(=O)(=O)c1ccccc1-c1ccccc1)c1ccc(C(=O)NCCO)nc1. The molecule has 0 unspecified atom stereocenters. The van der Waals surface area contributed by atoms with Crippen molar-refractivity contribution in [2.45, 2.75) is 4.90 Å². The largest absolute Gasteiger partial charge is 0.395 e. The number of nitrogens with one attached hydrogen (secondary N) is 2. The maximum absolute atomic E-state index is 12.9. The van der Waals surface area contributed by atoms with Crippen LogP contribution in [-0.2, 0) is 10.0 Å². The lowest BCUT2D eigenvalue weighted by molar-refractivity contribution is 0.0936. The predicted molar refractivity (Wildman–Crippen MR) is 110 cm³/mol. The third-order valence-electron chi connectivity index (χ3n) is 4.14. The summed E-state index contributed by atoms with van der Waals surface area (Å²) in [5.41, 5.74) is 1.19. The number of aliphatic hydroxyl groups is 1. The topological polar surface area (TPSA) is 125 Å². The summed E-state index contributed by atoms with van der Waals surface area (Å²) in [4.78, 5) is 28.1. The van der Waals surface area contributed by atoms with Gasteiger partial charge in [-0.1, -0.05) is 48.5 Å². The summed E-state index contributed by atoms with van der Waals surface area (Å²) in [5, 5.41) is 11.2. The van der Waals surface area contributed by atoms with E-state index in [2.05, 4.69) is 10.3 Å². The number of aromatic nitrogens is 1. The van der Waals surface area contributed by atoms with Crippen molar-refractivity contribution in [3.8, 4) is 11.1 Å². The number of pyridine rings is 1. The van der Waals surface area contributed by atoms with Gasteiger partial charge in [0.2, 0.25) is 0 Å². The molecule has 30 heavy (non-hydrogen) atoms. The van der Waals surface area contributed by atoms with Gasteiger partial charge in [-0.25, -0.2) is 13.1 Å². The summed E-state index contributed by atoms with van der Waals surface area (Å²) in [6.45, 7) is -0.142. The highest BCUT2D eigenvalue weighted by molar-refractivity contribution is 7.90. The minimum absolute atomic E-state index is 0.0190. The van der Waals surface area contributed by atoms with Crippen LogP contribution < -0.4 is 10.0 Å². The molecular weight excluding hydrogens is 406 g/mol. The molecule has 0 aliphatic carbocycles. The minimum atomic E-state index is -4.16. The number of benzene rings is 2. The van der Waals surface area contributed by atoms with E-state index < -0.39 is 21.8 Å². The van der Waals surface area contributed by atoms with Crippen LogP contribution in [0.1, 0.15) is 20.8 Å². The molecule has 0 atom stereocenters. The molecule has 0 bridgehead atoms. The Morgan fingerprint density at radius 3 is 2.27 bits per heavy atom. The van der Waals surface area contributed by atoms with Gasteiger partial charge in [0.15, 0.2) is 0 Å². The van der Waals surface area contributed by atoms with Gasteiger partial charge in [-0.2, -0.15) is 0 Å². The van der Waals surface area contributed by atoms with E-state index in [4.69, 9.17) is 5.11 Å². The molecule has 0 spiro atoms. The first kappa shape index (κ1) is 21.2. The molecule has 1 heterocycles. The van der Waals surface area contributed by atoms with E-state index in [1.165, 1.54) is 18.2 Å². The number of nitrogens with zero attached hydrogens (tertiary/aromatic N) is 1. The number of hydrogen-bond donors (Lipinski definition) is 3. The Morgan fingerprint density at radius 1 is 0.900 bits per heavy atom. The molecule has 0 fully saturated rings. The molecule has 9 heteroatoms. The highest BCUT2D eigenvalue weighted by Gasteiger charge is 2.22. The van der Waals surface area contributed by atoms with Crippen molar-refractivity contribution in [1.29, 1.82) is 0 Å².